The molecule has 42 heavy (non-hydrogen) atoms. The van der Waals surface area contributed by atoms with Crippen molar-refractivity contribution < 1.29 is 23.7 Å². The van der Waals surface area contributed by atoms with Crippen LogP contribution in [0.15, 0.2) is 31.0 Å². The van der Waals surface area contributed by atoms with E-state index in [1.165, 1.54) is 20.3 Å². The number of pyridine rings is 1. The second-order valence-electron chi connectivity index (χ2n) is 10.1. The molecule has 4 heterocycles. The van der Waals surface area contributed by atoms with Gasteiger partial charge in [-0.3, -0.25) is 4.79 Å². The number of carbonyl (C=O) groups is 1. The summed E-state index contributed by atoms with van der Waals surface area (Å²) in [5.41, 5.74) is 1.61. The number of ether oxygens (including phenoxy) is 4. The fourth-order valence-electron chi connectivity index (χ4n) is 5.12. The van der Waals surface area contributed by atoms with Gasteiger partial charge in [-0.05, 0) is 37.3 Å². The highest BCUT2D eigenvalue weighted by molar-refractivity contribution is 6.41. The smallest absolute Gasteiger partial charge is 0.243 e. The quantitative estimate of drug-likeness (QED) is 0.275. The molecule has 0 bridgehead atoms. The maximum Gasteiger partial charge on any atom is 0.243 e. The van der Waals surface area contributed by atoms with Gasteiger partial charge in [-0.1, -0.05) is 29.8 Å². The van der Waals surface area contributed by atoms with Crippen LogP contribution in [0.2, 0.25) is 10.0 Å². The highest BCUT2D eigenvalue weighted by atomic mass is 35.5. The number of aromatic nitrogens is 3. The Hall–Kier alpha value is -3.38. The Balaban J connectivity index is 1.54. The number of anilines is 2. The van der Waals surface area contributed by atoms with E-state index in [1.807, 2.05) is 6.07 Å². The molecule has 3 N–H and O–H groups in total. The van der Waals surface area contributed by atoms with Crippen molar-refractivity contribution in [2.75, 3.05) is 57.8 Å². The molecule has 2 aliphatic rings. The van der Waals surface area contributed by atoms with E-state index in [9.17, 15) is 4.79 Å². The van der Waals surface area contributed by atoms with E-state index in [0.717, 1.165) is 31.4 Å². The van der Waals surface area contributed by atoms with Gasteiger partial charge < -0.3 is 34.9 Å². The van der Waals surface area contributed by atoms with E-state index < -0.39 is 0 Å². The molecule has 2 fully saturated rings. The summed E-state index contributed by atoms with van der Waals surface area (Å²) in [6.07, 6.45) is 5.54. The molecular weight excluding hydrogens is 583 g/mol. The predicted octanol–water partition coefficient (Wildman–Crippen LogP) is 4.73. The maximum absolute atomic E-state index is 12.0. The first-order valence-corrected chi connectivity index (χ1v) is 14.5. The van der Waals surface area contributed by atoms with Crippen LogP contribution < -0.4 is 25.4 Å². The number of hydrogen-bond acceptors (Lipinski definition) is 10. The van der Waals surface area contributed by atoms with E-state index in [-0.39, 0.29) is 18.0 Å². The summed E-state index contributed by atoms with van der Waals surface area (Å²) in [5, 5.41) is 11.2. The Morgan fingerprint density at radius 2 is 1.76 bits per heavy atom. The van der Waals surface area contributed by atoms with Crippen molar-refractivity contribution in [3.63, 3.8) is 0 Å². The number of fused-ring (bicyclic) bond motifs is 1. The Morgan fingerprint density at radius 1 is 1.05 bits per heavy atom. The van der Waals surface area contributed by atoms with Gasteiger partial charge in [0.25, 0.3) is 0 Å². The van der Waals surface area contributed by atoms with Crippen LogP contribution in [0.25, 0.3) is 22.2 Å². The average Bonchev–Trinajstić information content (AvgIpc) is 3.01. The summed E-state index contributed by atoms with van der Waals surface area (Å²) < 4.78 is 22.1. The topological polar surface area (TPSA) is 129 Å². The highest BCUT2D eigenvalue weighted by Crippen LogP contribution is 2.46. The van der Waals surface area contributed by atoms with E-state index in [1.54, 1.807) is 12.3 Å². The van der Waals surface area contributed by atoms with Crippen molar-refractivity contribution in [3.8, 4) is 22.8 Å². The summed E-state index contributed by atoms with van der Waals surface area (Å²) >= 11 is 13.5. The number of halogens is 2. The number of carbonyl (C=O) groups excluding carboxylic acids is 1. The molecule has 3 aromatic rings. The average molecular weight is 618 g/mol. The standard InChI is InChI=1S/C29H34Cl2N6O5/c1-4-23(38)34-18-7-10-42-15-20(18)36-29-33-14-17-11-19(24-25(30)21(39-2)12-22(40-3)26(24)31)35-28(27(17)37-29)32-13-16-5-8-41-9-6-16/h4,11-12,14,16,18,20H,1,5-10,13,15H2,2-3H3,(H,32,35)(H,34,38)(H,33,36,37)/t18-,20+/m0/s1. The molecular formula is C29H34Cl2N6O5. The molecule has 1 amide bonds. The summed E-state index contributed by atoms with van der Waals surface area (Å²) in [4.78, 5) is 26.4. The van der Waals surface area contributed by atoms with Crippen LogP contribution in [-0.2, 0) is 14.3 Å². The lowest BCUT2D eigenvalue weighted by atomic mass is 10.0. The number of rotatable bonds is 10. The molecule has 2 saturated heterocycles. The van der Waals surface area contributed by atoms with Gasteiger partial charge in [-0.15, -0.1) is 0 Å². The van der Waals surface area contributed by atoms with E-state index >= 15 is 0 Å². The monoisotopic (exact) mass is 616 g/mol. The van der Waals surface area contributed by atoms with Crippen LogP contribution in [0.4, 0.5) is 11.8 Å². The van der Waals surface area contributed by atoms with E-state index in [2.05, 4.69) is 27.5 Å². The Bertz CT molecular complexity index is 1420. The first-order valence-electron chi connectivity index (χ1n) is 13.8. The SMILES string of the molecule is C=CC(=O)N[C@H]1CCOC[C@H]1Nc1ncc2cc(-c3c(Cl)c(OC)cc(OC)c3Cl)nc(NCC3CCOCC3)c2n1. The normalized spacial score (nSPS) is 19.2. The Kier molecular flexibility index (Phi) is 9.84. The lowest BCUT2D eigenvalue weighted by Crippen LogP contribution is -2.52. The Morgan fingerprint density at radius 3 is 2.45 bits per heavy atom. The lowest BCUT2D eigenvalue weighted by Gasteiger charge is -2.32. The van der Waals surface area contributed by atoms with Gasteiger partial charge in [0.15, 0.2) is 5.82 Å². The zero-order chi connectivity index (χ0) is 29.6. The largest absolute Gasteiger partial charge is 0.495 e. The number of nitrogens with zero attached hydrogens (tertiary/aromatic N) is 3. The summed E-state index contributed by atoms with van der Waals surface area (Å²) in [6.45, 7) is 6.65. The minimum Gasteiger partial charge on any atom is -0.495 e. The summed E-state index contributed by atoms with van der Waals surface area (Å²) in [5.74, 6) is 1.96. The van der Waals surface area contributed by atoms with Gasteiger partial charge in [-0.25, -0.2) is 15.0 Å². The zero-order valence-corrected chi connectivity index (χ0v) is 25.1. The number of benzene rings is 1. The minimum atomic E-state index is -0.240. The minimum absolute atomic E-state index is 0.164. The number of methoxy groups -OCH3 is 2. The Labute approximate surface area is 254 Å². The molecule has 0 aliphatic carbocycles. The van der Waals surface area contributed by atoms with Crippen molar-refractivity contribution in [2.45, 2.75) is 31.3 Å². The summed E-state index contributed by atoms with van der Waals surface area (Å²) in [7, 11) is 3.06. The van der Waals surface area contributed by atoms with Crippen molar-refractivity contribution in [3.05, 3.63) is 41.0 Å². The molecule has 0 radical (unpaired) electrons. The van der Waals surface area contributed by atoms with Crippen molar-refractivity contribution in [2.24, 2.45) is 5.92 Å². The molecule has 0 unspecified atom stereocenters. The van der Waals surface area contributed by atoms with E-state index in [4.69, 9.17) is 52.1 Å². The van der Waals surface area contributed by atoms with E-state index in [0.29, 0.717) is 82.2 Å². The van der Waals surface area contributed by atoms with Crippen LogP contribution in [0.1, 0.15) is 19.3 Å². The van der Waals surface area contributed by atoms with Gasteiger partial charge in [0.05, 0.1) is 48.6 Å². The molecule has 5 rings (SSSR count). The van der Waals surface area contributed by atoms with Gasteiger partial charge in [-0.2, -0.15) is 0 Å². The molecule has 0 spiro atoms. The third-order valence-electron chi connectivity index (χ3n) is 7.48. The van der Waals surface area contributed by atoms with Crippen molar-refractivity contribution in [1.29, 1.82) is 0 Å². The van der Waals surface area contributed by atoms with Crippen LogP contribution in [0.3, 0.4) is 0 Å². The number of nitrogens with one attached hydrogen (secondary N) is 3. The van der Waals surface area contributed by atoms with Crippen molar-refractivity contribution >= 4 is 51.8 Å². The molecule has 2 aliphatic heterocycles. The fourth-order valence-corrected chi connectivity index (χ4v) is 5.82. The molecule has 1 aromatic carbocycles. The van der Waals surface area contributed by atoms with Gasteiger partial charge in [0.2, 0.25) is 11.9 Å². The second kappa shape index (κ2) is 13.7. The summed E-state index contributed by atoms with van der Waals surface area (Å²) in [6, 6.07) is 3.08. The molecule has 0 saturated carbocycles. The number of amides is 1. The number of hydrogen-bond donors (Lipinski definition) is 3. The fraction of sp³-hybridized carbons (Fsp3) is 0.448. The van der Waals surface area contributed by atoms with Gasteiger partial charge in [0.1, 0.15) is 17.0 Å². The van der Waals surface area contributed by atoms with Crippen LogP contribution in [0.5, 0.6) is 11.5 Å². The molecule has 11 nitrogen and oxygen atoms in total. The second-order valence-corrected chi connectivity index (χ2v) is 10.9. The zero-order valence-electron chi connectivity index (χ0n) is 23.5. The van der Waals surface area contributed by atoms with Gasteiger partial charge >= 0.3 is 0 Å². The van der Waals surface area contributed by atoms with Crippen molar-refractivity contribution in [1.82, 2.24) is 20.3 Å². The van der Waals surface area contributed by atoms with Gasteiger partial charge in [0, 0.05) is 49.6 Å². The molecule has 2 atom stereocenters. The van der Waals surface area contributed by atoms with Crippen LogP contribution in [0, 0.1) is 5.92 Å². The third kappa shape index (κ3) is 6.64. The van der Waals surface area contributed by atoms with Crippen LogP contribution >= 0.6 is 23.2 Å². The van der Waals surface area contributed by atoms with Crippen LogP contribution in [-0.4, -0.2) is 80.1 Å². The molecule has 224 valence electrons. The third-order valence-corrected chi connectivity index (χ3v) is 8.23. The first kappa shape index (κ1) is 30.1. The highest BCUT2D eigenvalue weighted by Gasteiger charge is 2.28. The maximum atomic E-state index is 12.0. The lowest BCUT2D eigenvalue weighted by molar-refractivity contribution is -0.117. The first-order chi connectivity index (χ1) is 20.4. The molecule has 13 heteroatoms. The molecule has 2 aromatic heterocycles. The predicted molar refractivity (Wildman–Crippen MR) is 163 cm³/mol.